The number of nitrogens with one attached hydrogen (secondary N) is 1. The minimum atomic E-state index is 0. The van der Waals surface area contributed by atoms with Crippen molar-refractivity contribution in [2.24, 2.45) is 7.05 Å². The van der Waals surface area contributed by atoms with Crippen molar-refractivity contribution in [3.8, 4) is 0 Å². The largest absolute Gasteiger partial charge is 3.00 e. The summed E-state index contributed by atoms with van der Waals surface area (Å²) in [7, 11) is 2.07. The molecule has 0 atom stereocenters. The third kappa shape index (κ3) is 11.2. The summed E-state index contributed by atoms with van der Waals surface area (Å²) in [6, 6.07) is 0. The smallest absolute Gasteiger partial charge is 1.00 e. The number of rotatable bonds is 3. The molecule has 0 spiro atoms. The standard InChI is InChI=1S/C8H14N2.Al.4ClH/c1-3-4-5-8-9-6-7-10(8)2;;;;;/h6-7H,3-5H2,1-2H3;;4*1H/q;+3;;;;/p-3. The summed E-state index contributed by atoms with van der Waals surface area (Å²) in [5.41, 5.74) is 0. The molecule has 0 aliphatic carbocycles. The van der Waals surface area contributed by atoms with E-state index in [4.69, 9.17) is 0 Å². The maximum absolute atomic E-state index is 3.20. The molecule has 1 N–H and O–H groups in total. The maximum Gasteiger partial charge on any atom is 3.00 e. The fourth-order valence-electron chi connectivity index (χ4n) is 1.03. The predicted octanol–water partition coefficient (Wildman–Crippen LogP) is -11.2. The zero-order valence-electron chi connectivity index (χ0n) is 8.81. The molecule has 2 nitrogen and oxygen atoms in total. The van der Waals surface area contributed by atoms with Crippen molar-refractivity contribution < 1.29 is 54.2 Å². The second-order valence-electron chi connectivity index (χ2n) is 2.62. The van der Waals surface area contributed by atoms with Crippen molar-refractivity contribution in [3.63, 3.8) is 0 Å². The molecule has 0 aromatic carbocycles. The SMILES string of the molecule is CCCCc1[nH]cc[n+]1C.[Al+3].[Cl-].[Cl-].[Cl-].[Cl-]. The molecule has 15 heavy (non-hydrogen) atoms. The van der Waals surface area contributed by atoms with E-state index in [0.717, 1.165) is 0 Å². The van der Waals surface area contributed by atoms with Gasteiger partial charge in [0.05, 0.1) is 7.05 Å². The van der Waals surface area contributed by atoms with Crippen molar-refractivity contribution in [2.75, 3.05) is 0 Å². The molecule has 0 saturated carbocycles. The van der Waals surface area contributed by atoms with E-state index in [2.05, 4.69) is 23.5 Å². The van der Waals surface area contributed by atoms with Gasteiger partial charge in [-0.3, -0.25) is 0 Å². The van der Waals surface area contributed by atoms with Gasteiger partial charge < -0.3 is 49.6 Å². The number of halogens is 4. The second-order valence-corrected chi connectivity index (χ2v) is 2.62. The molecule has 1 aromatic rings. The van der Waals surface area contributed by atoms with Crippen LogP contribution in [0.4, 0.5) is 0 Å². The van der Waals surface area contributed by atoms with Gasteiger partial charge in [0.25, 0.3) is 5.82 Å². The second kappa shape index (κ2) is 17.3. The average Bonchev–Trinajstić information content (AvgIpc) is 2.31. The molecule has 88 valence electrons. The first-order valence-corrected chi connectivity index (χ1v) is 3.86. The van der Waals surface area contributed by atoms with Crippen LogP contribution in [0.5, 0.6) is 0 Å². The zero-order valence-corrected chi connectivity index (χ0v) is 13.0. The third-order valence-electron chi connectivity index (χ3n) is 1.74. The van der Waals surface area contributed by atoms with Crippen LogP contribution in [0.15, 0.2) is 12.4 Å². The number of aromatic nitrogens is 2. The van der Waals surface area contributed by atoms with Gasteiger partial charge in [-0.2, -0.15) is 0 Å². The summed E-state index contributed by atoms with van der Waals surface area (Å²) in [4.78, 5) is 3.20. The van der Waals surface area contributed by atoms with Crippen LogP contribution >= 0.6 is 0 Å². The molecule has 0 fully saturated rings. The normalized spacial score (nSPS) is 6.80. The van der Waals surface area contributed by atoms with E-state index >= 15 is 0 Å². The van der Waals surface area contributed by atoms with Crippen LogP contribution in [0.3, 0.4) is 0 Å². The number of imidazole rings is 1. The van der Waals surface area contributed by atoms with E-state index in [0.29, 0.717) is 0 Å². The summed E-state index contributed by atoms with van der Waals surface area (Å²) >= 11 is 0. The van der Waals surface area contributed by atoms with E-state index in [-0.39, 0.29) is 67.0 Å². The van der Waals surface area contributed by atoms with E-state index in [1.807, 2.05) is 12.4 Å². The minimum Gasteiger partial charge on any atom is -1.00 e. The number of H-pyrrole nitrogens is 1. The molecule has 0 bridgehead atoms. The van der Waals surface area contributed by atoms with Gasteiger partial charge in [0, 0.05) is 6.42 Å². The van der Waals surface area contributed by atoms with Gasteiger partial charge in [0.2, 0.25) is 0 Å². The summed E-state index contributed by atoms with van der Waals surface area (Å²) in [5, 5.41) is 0. The van der Waals surface area contributed by atoms with Gasteiger partial charge in [-0.05, 0) is 6.42 Å². The number of aromatic amines is 1. The van der Waals surface area contributed by atoms with Crippen molar-refractivity contribution >= 4 is 17.4 Å². The maximum atomic E-state index is 3.20. The quantitative estimate of drug-likeness (QED) is 0.423. The van der Waals surface area contributed by atoms with Gasteiger partial charge in [-0.25, -0.2) is 9.55 Å². The first-order chi connectivity index (χ1) is 4.84. The molecule has 0 aliphatic heterocycles. The van der Waals surface area contributed by atoms with Crippen LogP contribution in [0.2, 0.25) is 0 Å². The van der Waals surface area contributed by atoms with E-state index < -0.39 is 0 Å². The van der Waals surface area contributed by atoms with Crippen LogP contribution in [0.1, 0.15) is 25.6 Å². The minimum absolute atomic E-state index is 0. The Balaban J connectivity index is -0.0000000667. The molecule has 1 heterocycles. The molecule has 0 amide bonds. The number of unbranched alkanes of at least 4 members (excludes halogenated alkanes) is 1. The Kier molecular flexibility index (Phi) is 34.3. The topological polar surface area (TPSA) is 19.7 Å². The molecular formula is C8H15AlCl4N2. The molecular weight excluding hydrogens is 293 g/mol. The van der Waals surface area contributed by atoms with Crippen molar-refractivity contribution in [1.82, 2.24) is 4.98 Å². The Morgan fingerprint density at radius 2 is 1.73 bits per heavy atom. The number of hydrogen-bond donors (Lipinski definition) is 1. The molecule has 0 saturated heterocycles. The Labute approximate surface area is 127 Å². The number of aryl methyl sites for hydroxylation is 2. The van der Waals surface area contributed by atoms with Crippen molar-refractivity contribution in [2.45, 2.75) is 26.2 Å². The van der Waals surface area contributed by atoms with Crippen LogP contribution < -0.4 is 54.2 Å². The van der Waals surface area contributed by atoms with Crippen LogP contribution in [0, 0.1) is 0 Å². The summed E-state index contributed by atoms with van der Waals surface area (Å²) in [6.07, 6.45) is 7.73. The molecule has 0 radical (unpaired) electrons. The number of nitrogens with zero attached hydrogens (tertiary/aromatic N) is 1. The predicted molar refractivity (Wildman–Crippen MR) is 46.3 cm³/mol. The molecule has 7 heteroatoms. The Bertz CT molecular complexity index is 208. The zero-order chi connectivity index (χ0) is 7.40. The van der Waals surface area contributed by atoms with Gasteiger partial charge in [-0.15, -0.1) is 0 Å². The first-order valence-electron chi connectivity index (χ1n) is 3.86. The number of hydrogen-bond acceptors (Lipinski definition) is 0. The van der Waals surface area contributed by atoms with Crippen molar-refractivity contribution in [3.05, 3.63) is 18.2 Å². The monoisotopic (exact) mass is 306 g/mol. The van der Waals surface area contributed by atoms with Gasteiger partial charge >= 0.3 is 17.4 Å². The molecule has 0 aliphatic rings. The Hall–Kier alpha value is 0.902. The van der Waals surface area contributed by atoms with Gasteiger partial charge in [0.1, 0.15) is 12.4 Å². The van der Waals surface area contributed by atoms with Crippen LogP contribution in [0.25, 0.3) is 0 Å². The summed E-state index contributed by atoms with van der Waals surface area (Å²) < 4.78 is 2.13. The van der Waals surface area contributed by atoms with E-state index in [1.165, 1.54) is 25.1 Å². The van der Waals surface area contributed by atoms with E-state index in [1.54, 1.807) is 0 Å². The van der Waals surface area contributed by atoms with Gasteiger partial charge in [-0.1, -0.05) is 13.3 Å². The van der Waals surface area contributed by atoms with Crippen LogP contribution in [-0.2, 0) is 13.5 Å². The third-order valence-corrected chi connectivity index (χ3v) is 1.74. The fraction of sp³-hybridized carbons (Fsp3) is 0.625. The molecule has 1 rings (SSSR count). The molecule has 1 aromatic heterocycles. The Morgan fingerprint density at radius 1 is 1.20 bits per heavy atom. The van der Waals surface area contributed by atoms with Gasteiger partial charge in [0.15, 0.2) is 0 Å². The summed E-state index contributed by atoms with van der Waals surface area (Å²) in [6.45, 7) is 2.21. The van der Waals surface area contributed by atoms with E-state index in [9.17, 15) is 0 Å². The fourth-order valence-corrected chi connectivity index (χ4v) is 1.03. The Morgan fingerprint density at radius 3 is 2.07 bits per heavy atom. The molecule has 0 unspecified atom stereocenters. The van der Waals surface area contributed by atoms with Crippen molar-refractivity contribution in [1.29, 1.82) is 0 Å². The van der Waals surface area contributed by atoms with Crippen LogP contribution in [-0.4, -0.2) is 22.3 Å². The average molecular weight is 308 g/mol. The first kappa shape index (κ1) is 29.7. The summed E-state index contributed by atoms with van der Waals surface area (Å²) in [5.74, 6) is 1.32.